The molecule has 1 fully saturated rings. The zero-order chi connectivity index (χ0) is 21.1. The van der Waals surface area contributed by atoms with E-state index in [1.165, 1.54) is 16.1 Å². The molecule has 2 aromatic carbocycles. The van der Waals surface area contributed by atoms with Crippen molar-refractivity contribution >= 4 is 23.4 Å². The van der Waals surface area contributed by atoms with Crippen molar-refractivity contribution in [2.45, 2.75) is 25.8 Å². The van der Waals surface area contributed by atoms with E-state index in [0.717, 1.165) is 11.1 Å². The van der Waals surface area contributed by atoms with Gasteiger partial charge in [-0.25, -0.2) is 4.90 Å². The van der Waals surface area contributed by atoms with Crippen LogP contribution in [0.3, 0.4) is 0 Å². The van der Waals surface area contributed by atoms with Crippen molar-refractivity contribution in [1.29, 1.82) is 0 Å². The average Bonchev–Trinajstić information content (AvgIpc) is 3.39. The minimum atomic E-state index is -0.861. The normalized spacial score (nSPS) is 16.2. The monoisotopic (exact) mass is 402 g/mol. The van der Waals surface area contributed by atoms with Gasteiger partial charge in [-0.1, -0.05) is 48.0 Å². The van der Waals surface area contributed by atoms with E-state index in [-0.39, 0.29) is 18.1 Å². The van der Waals surface area contributed by atoms with Gasteiger partial charge in [-0.05, 0) is 43.2 Å². The molecule has 0 bridgehead atoms. The van der Waals surface area contributed by atoms with Crippen molar-refractivity contribution in [2.75, 3.05) is 11.4 Å². The molecular formula is C24H22N2O4. The minimum absolute atomic E-state index is 0.0477. The molecule has 0 spiro atoms. The Labute approximate surface area is 174 Å². The number of furan rings is 1. The Kier molecular flexibility index (Phi) is 5.48. The first-order chi connectivity index (χ1) is 14.5. The van der Waals surface area contributed by atoms with E-state index in [0.29, 0.717) is 18.7 Å². The molecule has 0 saturated carbocycles. The standard InChI is InChI=1S/C24H22N2O4/c1-17-9-11-19(12-10-17)26-22(27)16-20(23(26)28)25(24(29)21-8-5-15-30-21)14-13-18-6-3-2-4-7-18/h2-12,15,20H,13-14,16H2,1H3. The van der Waals surface area contributed by atoms with Gasteiger partial charge in [0.25, 0.3) is 11.8 Å². The Hall–Kier alpha value is -3.67. The molecule has 3 aromatic rings. The molecule has 1 unspecified atom stereocenters. The van der Waals surface area contributed by atoms with Gasteiger partial charge < -0.3 is 9.32 Å². The number of benzene rings is 2. The fourth-order valence-electron chi connectivity index (χ4n) is 3.66. The number of nitrogens with zero attached hydrogens (tertiary/aromatic N) is 2. The van der Waals surface area contributed by atoms with E-state index >= 15 is 0 Å². The number of anilines is 1. The van der Waals surface area contributed by atoms with Gasteiger partial charge in [0.1, 0.15) is 6.04 Å². The summed E-state index contributed by atoms with van der Waals surface area (Å²) in [5, 5.41) is 0. The lowest BCUT2D eigenvalue weighted by molar-refractivity contribution is -0.122. The number of carbonyl (C=O) groups is 3. The molecule has 1 aliphatic rings. The maximum absolute atomic E-state index is 13.2. The summed E-state index contributed by atoms with van der Waals surface area (Å²) in [6, 6.07) is 19.2. The molecule has 0 aliphatic carbocycles. The molecule has 6 heteroatoms. The van der Waals surface area contributed by atoms with Gasteiger partial charge >= 0.3 is 0 Å². The number of amides is 3. The predicted octanol–water partition coefficient (Wildman–Crippen LogP) is 3.61. The van der Waals surface area contributed by atoms with Crippen LogP contribution in [0.5, 0.6) is 0 Å². The van der Waals surface area contributed by atoms with Crippen LogP contribution in [0.2, 0.25) is 0 Å². The molecule has 2 heterocycles. The SMILES string of the molecule is Cc1ccc(N2C(=O)CC(N(CCc3ccccc3)C(=O)c3ccco3)C2=O)cc1. The smallest absolute Gasteiger partial charge is 0.290 e. The predicted molar refractivity (Wildman–Crippen MR) is 112 cm³/mol. The lowest BCUT2D eigenvalue weighted by Gasteiger charge is -2.27. The molecule has 1 aliphatic heterocycles. The maximum atomic E-state index is 13.2. The Morgan fingerprint density at radius 3 is 2.43 bits per heavy atom. The van der Waals surface area contributed by atoms with Crippen LogP contribution in [-0.2, 0) is 16.0 Å². The fourth-order valence-corrected chi connectivity index (χ4v) is 3.66. The lowest BCUT2D eigenvalue weighted by Crippen LogP contribution is -2.46. The first-order valence-electron chi connectivity index (χ1n) is 9.86. The molecule has 1 aromatic heterocycles. The molecular weight excluding hydrogens is 380 g/mol. The molecule has 3 amide bonds. The highest BCUT2D eigenvalue weighted by molar-refractivity contribution is 6.23. The second kappa shape index (κ2) is 8.37. The highest BCUT2D eigenvalue weighted by Gasteiger charge is 2.44. The van der Waals surface area contributed by atoms with Gasteiger partial charge in [0.05, 0.1) is 18.4 Å². The summed E-state index contributed by atoms with van der Waals surface area (Å²) in [7, 11) is 0. The van der Waals surface area contributed by atoms with Crippen molar-refractivity contribution in [2.24, 2.45) is 0 Å². The summed E-state index contributed by atoms with van der Waals surface area (Å²) < 4.78 is 5.27. The van der Waals surface area contributed by atoms with E-state index in [4.69, 9.17) is 4.42 Å². The Balaban J connectivity index is 1.61. The highest BCUT2D eigenvalue weighted by Crippen LogP contribution is 2.27. The van der Waals surface area contributed by atoms with Gasteiger partial charge in [-0.3, -0.25) is 14.4 Å². The topological polar surface area (TPSA) is 70.8 Å². The third kappa shape index (κ3) is 3.89. The number of imide groups is 1. The zero-order valence-electron chi connectivity index (χ0n) is 16.7. The fraction of sp³-hybridized carbons (Fsp3) is 0.208. The summed E-state index contributed by atoms with van der Waals surface area (Å²) in [6.45, 7) is 2.24. The molecule has 152 valence electrons. The van der Waals surface area contributed by atoms with Crippen molar-refractivity contribution < 1.29 is 18.8 Å². The quantitative estimate of drug-likeness (QED) is 0.591. The van der Waals surface area contributed by atoms with Crippen LogP contribution in [0.1, 0.15) is 28.1 Å². The maximum Gasteiger partial charge on any atom is 0.290 e. The van der Waals surface area contributed by atoms with E-state index in [1.54, 1.807) is 24.3 Å². The second-order valence-corrected chi connectivity index (χ2v) is 7.33. The molecule has 0 radical (unpaired) electrons. The first kappa shape index (κ1) is 19.6. The zero-order valence-corrected chi connectivity index (χ0v) is 16.7. The van der Waals surface area contributed by atoms with Crippen molar-refractivity contribution in [3.63, 3.8) is 0 Å². The number of aryl methyl sites for hydroxylation is 1. The molecule has 0 N–H and O–H groups in total. The number of hydrogen-bond acceptors (Lipinski definition) is 4. The van der Waals surface area contributed by atoms with E-state index < -0.39 is 17.9 Å². The van der Waals surface area contributed by atoms with Crippen LogP contribution >= 0.6 is 0 Å². The number of carbonyl (C=O) groups excluding carboxylic acids is 3. The molecule has 4 rings (SSSR count). The lowest BCUT2D eigenvalue weighted by atomic mass is 10.1. The summed E-state index contributed by atoms with van der Waals surface area (Å²) in [5.41, 5.74) is 2.60. The Morgan fingerprint density at radius 2 is 1.77 bits per heavy atom. The van der Waals surface area contributed by atoms with E-state index in [9.17, 15) is 14.4 Å². The molecule has 6 nitrogen and oxygen atoms in total. The summed E-state index contributed by atoms with van der Waals surface area (Å²) in [5.74, 6) is -0.951. The van der Waals surface area contributed by atoms with Gasteiger partial charge in [-0.15, -0.1) is 0 Å². The molecule has 30 heavy (non-hydrogen) atoms. The third-order valence-electron chi connectivity index (χ3n) is 5.27. The number of rotatable bonds is 6. The van der Waals surface area contributed by atoms with Crippen LogP contribution in [0.4, 0.5) is 5.69 Å². The second-order valence-electron chi connectivity index (χ2n) is 7.33. The van der Waals surface area contributed by atoms with Crippen molar-refractivity contribution in [3.8, 4) is 0 Å². The van der Waals surface area contributed by atoms with Crippen LogP contribution < -0.4 is 4.90 Å². The van der Waals surface area contributed by atoms with Gasteiger partial charge in [0, 0.05) is 6.54 Å². The van der Waals surface area contributed by atoms with Crippen LogP contribution in [0.15, 0.2) is 77.4 Å². The summed E-state index contributed by atoms with van der Waals surface area (Å²) in [4.78, 5) is 41.7. The van der Waals surface area contributed by atoms with E-state index in [2.05, 4.69) is 0 Å². The Morgan fingerprint density at radius 1 is 1.03 bits per heavy atom. The number of hydrogen-bond donors (Lipinski definition) is 0. The minimum Gasteiger partial charge on any atom is -0.459 e. The van der Waals surface area contributed by atoms with Crippen LogP contribution in [-0.4, -0.2) is 35.2 Å². The van der Waals surface area contributed by atoms with Crippen molar-refractivity contribution in [1.82, 2.24) is 4.90 Å². The first-order valence-corrected chi connectivity index (χ1v) is 9.86. The van der Waals surface area contributed by atoms with Crippen LogP contribution in [0.25, 0.3) is 0 Å². The largest absolute Gasteiger partial charge is 0.459 e. The molecule has 1 saturated heterocycles. The average molecular weight is 402 g/mol. The van der Waals surface area contributed by atoms with E-state index in [1.807, 2.05) is 49.4 Å². The van der Waals surface area contributed by atoms with Crippen molar-refractivity contribution in [3.05, 3.63) is 89.9 Å². The summed E-state index contributed by atoms with van der Waals surface area (Å²) in [6.07, 6.45) is 1.94. The Bertz CT molecular complexity index is 1040. The van der Waals surface area contributed by atoms with Gasteiger partial charge in [0.2, 0.25) is 5.91 Å². The van der Waals surface area contributed by atoms with Crippen LogP contribution in [0, 0.1) is 6.92 Å². The van der Waals surface area contributed by atoms with Gasteiger partial charge in [0.15, 0.2) is 5.76 Å². The summed E-state index contributed by atoms with van der Waals surface area (Å²) >= 11 is 0. The highest BCUT2D eigenvalue weighted by atomic mass is 16.3. The third-order valence-corrected chi connectivity index (χ3v) is 5.27. The van der Waals surface area contributed by atoms with Gasteiger partial charge in [-0.2, -0.15) is 0 Å². The molecule has 1 atom stereocenters.